The maximum atomic E-state index is 12.3. The topological polar surface area (TPSA) is 85.2 Å². The van der Waals surface area contributed by atoms with Gasteiger partial charge < -0.3 is 14.6 Å². The summed E-state index contributed by atoms with van der Waals surface area (Å²) in [7, 11) is 0. The Morgan fingerprint density at radius 1 is 1.35 bits per heavy atom. The third-order valence-electron chi connectivity index (χ3n) is 6.05. The number of rotatable bonds is 13. The largest absolute Gasteiger partial charge is 0.493 e. The molecule has 2 atom stereocenters. The number of hydrogen-bond acceptors (Lipinski definition) is 5. The Bertz CT molecular complexity index is 1060. The zero-order valence-electron chi connectivity index (χ0n) is 22.9. The number of ketones is 1. The first-order valence-electron chi connectivity index (χ1n) is 12.8. The van der Waals surface area contributed by atoms with Crippen LogP contribution in [0, 0.1) is 18.3 Å². The molecule has 1 aliphatic rings. The van der Waals surface area contributed by atoms with Crippen LogP contribution in [0.25, 0.3) is 0 Å². The van der Waals surface area contributed by atoms with Gasteiger partial charge in [-0.1, -0.05) is 31.7 Å². The van der Waals surface area contributed by atoms with Crippen molar-refractivity contribution < 1.29 is 24.2 Å². The minimum absolute atomic E-state index is 0.0630. The van der Waals surface area contributed by atoms with Crippen molar-refractivity contribution in [1.29, 1.82) is 0 Å². The number of aliphatic imine (C=N–C) groups is 1. The molecule has 200 valence electrons. The molecule has 0 amide bonds. The van der Waals surface area contributed by atoms with E-state index in [1.807, 2.05) is 51.1 Å². The molecule has 0 saturated carbocycles. The van der Waals surface area contributed by atoms with Crippen molar-refractivity contribution >= 4 is 17.7 Å². The van der Waals surface area contributed by atoms with E-state index in [2.05, 4.69) is 23.9 Å². The Morgan fingerprint density at radius 2 is 2.05 bits per heavy atom. The van der Waals surface area contributed by atoms with Crippen molar-refractivity contribution in [2.45, 2.75) is 66.2 Å². The lowest BCUT2D eigenvalue weighted by Gasteiger charge is -2.20. The first-order chi connectivity index (χ1) is 17.8. The number of carboxylic acids is 1. The minimum Gasteiger partial charge on any atom is -0.493 e. The van der Waals surface area contributed by atoms with Crippen LogP contribution in [0.1, 0.15) is 81.3 Å². The number of hydrogen-bond donors (Lipinski definition) is 1. The van der Waals surface area contributed by atoms with E-state index in [0.717, 1.165) is 29.5 Å². The normalized spacial score (nSPS) is 15.7. The molecule has 0 aromatic heterocycles. The average Bonchev–Trinajstić information content (AvgIpc) is 3.26. The fraction of sp³-hybridized carbons (Fsp3) is 0.452. The van der Waals surface area contributed by atoms with Crippen LogP contribution in [0.5, 0.6) is 5.75 Å². The van der Waals surface area contributed by atoms with Gasteiger partial charge in [0, 0.05) is 18.5 Å². The van der Waals surface area contributed by atoms with Gasteiger partial charge in [-0.25, -0.2) is 0 Å². The highest BCUT2D eigenvalue weighted by molar-refractivity contribution is 5.97. The minimum atomic E-state index is -0.780. The number of aryl methyl sites for hydroxylation is 1. The van der Waals surface area contributed by atoms with Gasteiger partial charge in [0.25, 0.3) is 0 Å². The number of fused-ring (bicyclic) bond motifs is 1. The Balaban J connectivity index is 0.00000217. The highest BCUT2D eigenvalue weighted by Gasteiger charge is 2.34. The number of nitrogens with zero attached hydrogens (tertiary/aromatic N) is 1. The molecule has 1 N–H and O–H groups in total. The van der Waals surface area contributed by atoms with Crippen molar-refractivity contribution in [2.24, 2.45) is 10.9 Å². The van der Waals surface area contributed by atoms with E-state index in [-0.39, 0.29) is 11.7 Å². The molecule has 2 unspecified atom stereocenters. The van der Waals surface area contributed by atoms with E-state index in [4.69, 9.17) is 9.47 Å². The summed E-state index contributed by atoms with van der Waals surface area (Å²) < 4.78 is 11.7. The lowest BCUT2D eigenvalue weighted by atomic mass is 9.84. The molecule has 0 spiro atoms. The molecule has 0 heterocycles. The molecule has 6 heteroatoms. The van der Waals surface area contributed by atoms with E-state index < -0.39 is 11.9 Å². The van der Waals surface area contributed by atoms with Crippen LogP contribution in [0.3, 0.4) is 0 Å². The molecule has 0 aliphatic heterocycles. The highest BCUT2D eigenvalue weighted by atomic mass is 16.5. The van der Waals surface area contributed by atoms with Crippen molar-refractivity contribution in [3.63, 3.8) is 0 Å². The molecular formula is C31H41NO5. The molecule has 0 saturated heterocycles. The third-order valence-corrected chi connectivity index (χ3v) is 6.05. The van der Waals surface area contributed by atoms with Crippen LogP contribution in [-0.4, -0.2) is 42.5 Å². The smallest absolute Gasteiger partial charge is 0.307 e. The first kappa shape index (κ1) is 31.4. The summed E-state index contributed by atoms with van der Waals surface area (Å²) in [5.74, 6) is 2.03. The van der Waals surface area contributed by atoms with Gasteiger partial charge in [-0.05, 0) is 82.2 Å². The number of terminal acetylenes is 1. The average molecular weight is 508 g/mol. The predicted molar refractivity (Wildman–Crippen MR) is 151 cm³/mol. The molecule has 1 aliphatic carbocycles. The molecule has 0 bridgehead atoms. The van der Waals surface area contributed by atoms with Crippen molar-refractivity contribution in [3.05, 3.63) is 65.3 Å². The van der Waals surface area contributed by atoms with Gasteiger partial charge in [0.1, 0.15) is 5.75 Å². The summed E-state index contributed by atoms with van der Waals surface area (Å²) in [4.78, 5) is 28.6. The Labute approximate surface area is 222 Å². The van der Waals surface area contributed by atoms with Gasteiger partial charge in [0.05, 0.1) is 24.7 Å². The molecule has 0 fully saturated rings. The van der Waals surface area contributed by atoms with E-state index in [1.165, 1.54) is 6.92 Å². The predicted octanol–water partition coefficient (Wildman–Crippen LogP) is 6.56. The second-order valence-electron chi connectivity index (χ2n) is 8.55. The van der Waals surface area contributed by atoms with Crippen LogP contribution >= 0.6 is 0 Å². The number of ether oxygens (including phenoxy) is 2. The summed E-state index contributed by atoms with van der Waals surface area (Å²) in [6.07, 6.45) is 14.8. The van der Waals surface area contributed by atoms with Crippen LogP contribution in [0.15, 0.2) is 53.6 Å². The number of benzene rings is 1. The molecule has 2 rings (SSSR count). The van der Waals surface area contributed by atoms with Gasteiger partial charge in [0.2, 0.25) is 5.90 Å². The van der Waals surface area contributed by atoms with Gasteiger partial charge in [-0.15, -0.1) is 12.3 Å². The van der Waals surface area contributed by atoms with Gasteiger partial charge >= 0.3 is 5.97 Å². The maximum Gasteiger partial charge on any atom is 0.307 e. The molecule has 1 aromatic carbocycles. The third kappa shape index (κ3) is 9.42. The van der Waals surface area contributed by atoms with Crippen LogP contribution in [0.2, 0.25) is 0 Å². The number of carbonyl (C=O) groups is 2. The van der Waals surface area contributed by atoms with Crippen molar-refractivity contribution in [2.75, 3.05) is 19.8 Å². The fourth-order valence-corrected chi connectivity index (χ4v) is 4.36. The number of carbonyl (C=O) groups excluding carboxylic acids is 1. The SMILES string of the molecule is C#CC.C=C/C=C\C(=C/C)C(=NCCCOc1cc2c(cc1C(C)=O)C(C(CC)C(=O)O)CC2)OCC. The zero-order chi connectivity index (χ0) is 27.8. The van der Waals surface area contributed by atoms with Crippen LogP contribution in [-0.2, 0) is 16.0 Å². The standard InChI is InChI=1S/C28H37NO5.C3H4/c1-6-10-12-20(7-2)27(33-9-4)29-15-11-16-34-26-17-21-13-14-23(22(8-3)28(31)32)25(21)18-24(26)19(5)30;1-3-2/h6-7,10,12,17-18,22-23H,1,8-9,11,13-16H2,2-5H3,(H,31,32);1H,2H3/b12-10-,20-7+,29-27?;. The van der Waals surface area contributed by atoms with Crippen LogP contribution < -0.4 is 4.74 Å². The molecule has 37 heavy (non-hydrogen) atoms. The summed E-state index contributed by atoms with van der Waals surface area (Å²) >= 11 is 0. The lowest BCUT2D eigenvalue weighted by Crippen LogP contribution is -2.20. The van der Waals surface area contributed by atoms with E-state index in [1.54, 1.807) is 13.0 Å². The number of Topliss-reactive ketones (excluding diaryl/α,β-unsaturated/α-hetero) is 1. The highest BCUT2D eigenvalue weighted by Crippen LogP contribution is 2.42. The Hall–Kier alpha value is -3.59. The van der Waals surface area contributed by atoms with Crippen molar-refractivity contribution in [3.8, 4) is 18.1 Å². The monoisotopic (exact) mass is 507 g/mol. The quantitative estimate of drug-likeness (QED) is 0.0816. The van der Waals surface area contributed by atoms with Gasteiger partial charge in [-0.2, -0.15) is 0 Å². The summed E-state index contributed by atoms with van der Waals surface area (Å²) in [6, 6.07) is 3.78. The van der Waals surface area contributed by atoms with E-state index >= 15 is 0 Å². The van der Waals surface area contributed by atoms with Gasteiger partial charge in [0.15, 0.2) is 5.78 Å². The Morgan fingerprint density at radius 3 is 2.59 bits per heavy atom. The second-order valence-corrected chi connectivity index (χ2v) is 8.55. The molecule has 1 aromatic rings. The Kier molecular flexibility index (Phi) is 14.4. The zero-order valence-corrected chi connectivity index (χ0v) is 22.9. The summed E-state index contributed by atoms with van der Waals surface area (Å²) in [5.41, 5.74) is 3.45. The van der Waals surface area contributed by atoms with Crippen LogP contribution in [0.4, 0.5) is 0 Å². The second kappa shape index (κ2) is 17.0. The number of carboxylic acid groups (broad SMARTS) is 1. The lowest BCUT2D eigenvalue weighted by molar-refractivity contribution is -0.142. The number of aliphatic carboxylic acids is 1. The van der Waals surface area contributed by atoms with E-state index in [9.17, 15) is 14.7 Å². The molecule has 6 nitrogen and oxygen atoms in total. The fourth-order valence-electron chi connectivity index (χ4n) is 4.36. The first-order valence-corrected chi connectivity index (χ1v) is 12.8. The van der Waals surface area contributed by atoms with Gasteiger partial charge in [-0.3, -0.25) is 14.6 Å². The summed E-state index contributed by atoms with van der Waals surface area (Å²) in [5, 5.41) is 9.60. The molecule has 0 radical (unpaired) electrons. The maximum absolute atomic E-state index is 12.3. The molecular weight excluding hydrogens is 466 g/mol. The number of allylic oxidation sites excluding steroid dienone is 3. The van der Waals surface area contributed by atoms with E-state index in [0.29, 0.717) is 49.8 Å². The van der Waals surface area contributed by atoms with Crippen molar-refractivity contribution in [1.82, 2.24) is 0 Å². The summed E-state index contributed by atoms with van der Waals surface area (Å²) in [6.45, 7) is 14.1.